The van der Waals surface area contributed by atoms with Gasteiger partial charge in [-0.05, 0) is 56.2 Å². The summed E-state index contributed by atoms with van der Waals surface area (Å²) in [6.07, 6.45) is 1.20. The number of rotatable bonds is 7. The number of benzene rings is 2. The van der Waals surface area contributed by atoms with E-state index >= 15 is 0 Å². The Labute approximate surface area is 182 Å². The predicted molar refractivity (Wildman–Crippen MR) is 118 cm³/mol. The van der Waals surface area contributed by atoms with Gasteiger partial charge in [0.05, 0.1) is 17.6 Å². The SMILES string of the molecule is CC(=O)c1ccc(OCC(O)Cn2c(C3CCOCC3)nc3ccccc32)cc1.Cl. The number of hydrogen-bond donors (Lipinski definition) is 1. The molecule has 1 N–H and O–H groups in total. The number of aliphatic hydroxyl groups is 1. The van der Waals surface area contributed by atoms with Crippen LogP contribution in [-0.2, 0) is 11.3 Å². The molecule has 160 valence electrons. The molecule has 1 atom stereocenters. The van der Waals surface area contributed by atoms with E-state index in [9.17, 15) is 9.90 Å². The minimum absolute atomic E-state index is 0. The van der Waals surface area contributed by atoms with E-state index in [4.69, 9.17) is 14.5 Å². The Morgan fingerprint density at radius 3 is 2.60 bits per heavy atom. The van der Waals surface area contributed by atoms with Crippen LogP contribution in [0.3, 0.4) is 0 Å². The van der Waals surface area contributed by atoms with Gasteiger partial charge in [0.2, 0.25) is 0 Å². The molecule has 0 radical (unpaired) electrons. The first kappa shape index (κ1) is 22.3. The topological polar surface area (TPSA) is 73.6 Å². The normalized spacial score (nSPS) is 15.5. The first-order valence-corrected chi connectivity index (χ1v) is 10.1. The summed E-state index contributed by atoms with van der Waals surface area (Å²) in [6.45, 7) is 3.61. The van der Waals surface area contributed by atoms with Gasteiger partial charge in [-0.15, -0.1) is 12.4 Å². The van der Waals surface area contributed by atoms with E-state index in [0.29, 0.717) is 23.8 Å². The van der Waals surface area contributed by atoms with Crippen LogP contribution >= 0.6 is 12.4 Å². The highest BCUT2D eigenvalue weighted by molar-refractivity contribution is 5.94. The number of halogens is 1. The van der Waals surface area contributed by atoms with Gasteiger partial charge in [0, 0.05) is 24.7 Å². The van der Waals surface area contributed by atoms with E-state index in [2.05, 4.69) is 4.57 Å². The van der Waals surface area contributed by atoms with Crippen molar-refractivity contribution in [3.63, 3.8) is 0 Å². The molecule has 1 aliphatic rings. The lowest BCUT2D eigenvalue weighted by Gasteiger charge is -2.23. The minimum atomic E-state index is -0.682. The fourth-order valence-corrected chi connectivity index (χ4v) is 3.80. The van der Waals surface area contributed by atoms with Crippen LogP contribution in [0.1, 0.15) is 41.9 Å². The third-order valence-electron chi connectivity index (χ3n) is 5.37. The number of para-hydroxylation sites is 2. The van der Waals surface area contributed by atoms with Crippen molar-refractivity contribution in [2.24, 2.45) is 0 Å². The van der Waals surface area contributed by atoms with Crippen LogP contribution < -0.4 is 4.74 Å². The van der Waals surface area contributed by atoms with Crippen LogP contribution in [0, 0.1) is 0 Å². The summed E-state index contributed by atoms with van der Waals surface area (Å²) in [7, 11) is 0. The van der Waals surface area contributed by atoms with E-state index in [-0.39, 0.29) is 24.8 Å². The summed E-state index contributed by atoms with van der Waals surface area (Å²) in [4.78, 5) is 16.2. The first-order valence-electron chi connectivity index (χ1n) is 10.1. The standard InChI is InChI=1S/C23H26N2O4.ClH/c1-16(26)17-6-8-20(9-7-17)29-15-19(27)14-25-22-5-3-2-4-21(22)24-23(25)18-10-12-28-13-11-18;/h2-9,18-19,27H,10-15H2,1H3;1H. The summed E-state index contributed by atoms with van der Waals surface area (Å²) >= 11 is 0. The van der Waals surface area contributed by atoms with Crippen molar-refractivity contribution in [1.82, 2.24) is 9.55 Å². The molecule has 2 heterocycles. The Balaban J connectivity index is 0.00000256. The van der Waals surface area contributed by atoms with Crippen LogP contribution in [-0.4, -0.2) is 46.4 Å². The second-order valence-electron chi connectivity index (χ2n) is 7.50. The van der Waals surface area contributed by atoms with Gasteiger partial charge in [-0.1, -0.05) is 12.1 Å². The highest BCUT2D eigenvalue weighted by Gasteiger charge is 2.24. The number of aliphatic hydroxyl groups excluding tert-OH is 1. The number of fused-ring (bicyclic) bond motifs is 1. The molecule has 6 nitrogen and oxygen atoms in total. The van der Waals surface area contributed by atoms with Gasteiger partial charge in [0.1, 0.15) is 24.3 Å². The molecule has 2 aromatic carbocycles. The van der Waals surface area contributed by atoms with Crippen molar-refractivity contribution in [2.75, 3.05) is 19.8 Å². The zero-order valence-corrected chi connectivity index (χ0v) is 17.8. The molecule has 0 spiro atoms. The lowest BCUT2D eigenvalue weighted by molar-refractivity contribution is 0.0780. The van der Waals surface area contributed by atoms with Gasteiger partial charge >= 0.3 is 0 Å². The van der Waals surface area contributed by atoms with Gasteiger partial charge in [-0.25, -0.2) is 4.98 Å². The van der Waals surface area contributed by atoms with E-state index in [1.807, 2.05) is 24.3 Å². The lowest BCUT2D eigenvalue weighted by atomic mass is 9.99. The van der Waals surface area contributed by atoms with E-state index in [0.717, 1.165) is 42.9 Å². The number of Topliss-reactive ketones (excluding diaryl/α,β-unsaturated/α-hetero) is 1. The Morgan fingerprint density at radius 2 is 1.90 bits per heavy atom. The number of carbonyl (C=O) groups excluding carboxylic acids is 1. The molecule has 0 aliphatic carbocycles. The molecule has 7 heteroatoms. The predicted octanol–water partition coefficient (Wildman–Crippen LogP) is 3.99. The average molecular weight is 431 g/mol. The third-order valence-corrected chi connectivity index (χ3v) is 5.37. The molecule has 1 aromatic heterocycles. The van der Waals surface area contributed by atoms with E-state index in [1.54, 1.807) is 24.3 Å². The second-order valence-corrected chi connectivity index (χ2v) is 7.50. The highest BCUT2D eigenvalue weighted by Crippen LogP contribution is 2.29. The molecule has 4 rings (SSSR count). The minimum Gasteiger partial charge on any atom is -0.491 e. The smallest absolute Gasteiger partial charge is 0.159 e. The number of hydrogen-bond acceptors (Lipinski definition) is 5. The van der Waals surface area contributed by atoms with Crippen molar-refractivity contribution >= 4 is 29.2 Å². The Bertz CT molecular complexity index is 981. The number of carbonyl (C=O) groups is 1. The van der Waals surface area contributed by atoms with Gasteiger partial charge in [0.15, 0.2) is 5.78 Å². The van der Waals surface area contributed by atoms with E-state index < -0.39 is 6.10 Å². The molecule has 1 fully saturated rings. The number of aromatic nitrogens is 2. The van der Waals surface area contributed by atoms with Crippen molar-refractivity contribution < 1.29 is 19.4 Å². The Hall–Kier alpha value is -2.41. The molecule has 1 saturated heterocycles. The molecule has 0 saturated carbocycles. The summed E-state index contributed by atoms with van der Waals surface area (Å²) < 4.78 is 13.4. The molecule has 0 bridgehead atoms. The quantitative estimate of drug-likeness (QED) is 0.573. The molecule has 1 unspecified atom stereocenters. The van der Waals surface area contributed by atoms with Gasteiger partial charge < -0.3 is 19.1 Å². The van der Waals surface area contributed by atoms with Crippen molar-refractivity contribution in [1.29, 1.82) is 0 Å². The maximum Gasteiger partial charge on any atom is 0.159 e. The fourth-order valence-electron chi connectivity index (χ4n) is 3.80. The Kier molecular flexibility index (Phi) is 7.48. The first-order chi connectivity index (χ1) is 14.1. The zero-order valence-electron chi connectivity index (χ0n) is 17.0. The van der Waals surface area contributed by atoms with Gasteiger partial charge in [-0.2, -0.15) is 0 Å². The third kappa shape index (κ3) is 5.01. The number of ketones is 1. The number of imidazole rings is 1. The van der Waals surface area contributed by atoms with Crippen LogP contribution in [0.5, 0.6) is 5.75 Å². The van der Waals surface area contributed by atoms with Crippen molar-refractivity contribution in [3.05, 3.63) is 59.9 Å². The summed E-state index contributed by atoms with van der Waals surface area (Å²) in [5, 5.41) is 10.7. The highest BCUT2D eigenvalue weighted by atomic mass is 35.5. The number of nitrogens with zero attached hydrogens (tertiary/aromatic N) is 2. The van der Waals surface area contributed by atoms with Crippen LogP contribution in [0.4, 0.5) is 0 Å². The van der Waals surface area contributed by atoms with Crippen LogP contribution in [0.15, 0.2) is 48.5 Å². The lowest BCUT2D eigenvalue weighted by Crippen LogP contribution is -2.26. The Morgan fingerprint density at radius 1 is 1.20 bits per heavy atom. The molecule has 1 aliphatic heterocycles. The molecule has 0 amide bonds. The van der Waals surface area contributed by atoms with Crippen LogP contribution in [0.2, 0.25) is 0 Å². The molecule has 30 heavy (non-hydrogen) atoms. The van der Waals surface area contributed by atoms with Gasteiger partial charge in [-0.3, -0.25) is 4.79 Å². The molecule has 3 aromatic rings. The van der Waals surface area contributed by atoms with Crippen molar-refractivity contribution in [2.45, 2.75) is 38.3 Å². The summed E-state index contributed by atoms with van der Waals surface area (Å²) in [5.74, 6) is 2.00. The average Bonchev–Trinajstić information content (AvgIpc) is 3.11. The van der Waals surface area contributed by atoms with E-state index in [1.165, 1.54) is 6.92 Å². The summed E-state index contributed by atoms with van der Waals surface area (Å²) in [6, 6.07) is 15.0. The molecular weight excluding hydrogens is 404 g/mol. The van der Waals surface area contributed by atoms with Gasteiger partial charge in [0.25, 0.3) is 0 Å². The maximum absolute atomic E-state index is 11.4. The van der Waals surface area contributed by atoms with Crippen molar-refractivity contribution in [3.8, 4) is 5.75 Å². The largest absolute Gasteiger partial charge is 0.491 e. The summed E-state index contributed by atoms with van der Waals surface area (Å²) in [5.41, 5.74) is 2.62. The fraction of sp³-hybridized carbons (Fsp3) is 0.391. The van der Waals surface area contributed by atoms with Crippen LogP contribution in [0.25, 0.3) is 11.0 Å². The number of ether oxygens (including phenoxy) is 2. The maximum atomic E-state index is 11.4. The zero-order chi connectivity index (χ0) is 20.2. The molecular formula is C23H27ClN2O4. The second kappa shape index (κ2) is 10.1. The monoisotopic (exact) mass is 430 g/mol.